The predicted octanol–water partition coefficient (Wildman–Crippen LogP) is 3.88. The highest BCUT2D eigenvalue weighted by Crippen LogP contribution is 2.54. The minimum atomic E-state index is 0.461. The molecule has 2 aliphatic carbocycles. The molecule has 0 saturated heterocycles. The summed E-state index contributed by atoms with van der Waals surface area (Å²) in [5.74, 6) is 0. The first-order chi connectivity index (χ1) is 9.24. The summed E-state index contributed by atoms with van der Waals surface area (Å²) in [5.41, 5.74) is 0.461. The average Bonchev–Trinajstić information content (AvgIpc) is 3.03. The molecule has 0 aliphatic heterocycles. The van der Waals surface area contributed by atoms with Crippen molar-refractivity contribution in [2.24, 2.45) is 5.41 Å². The number of rotatable bonds is 5. The lowest BCUT2D eigenvalue weighted by molar-refractivity contribution is -0.130. The van der Waals surface area contributed by atoms with Crippen molar-refractivity contribution in [2.75, 3.05) is 6.61 Å². The molecule has 2 fully saturated rings. The van der Waals surface area contributed by atoms with Gasteiger partial charge in [-0.1, -0.05) is 12.8 Å². The smallest absolute Gasteiger partial charge is 0.0661 e. The highest BCUT2D eigenvalue weighted by molar-refractivity contribution is 7.11. The van der Waals surface area contributed by atoms with Crippen LogP contribution in [0.4, 0.5) is 0 Å². The highest BCUT2D eigenvalue weighted by Gasteiger charge is 2.56. The molecular weight excluding hydrogens is 254 g/mol. The van der Waals surface area contributed by atoms with Crippen LogP contribution < -0.4 is 5.32 Å². The first-order valence-corrected chi connectivity index (χ1v) is 8.46. The maximum Gasteiger partial charge on any atom is 0.0661 e. The molecule has 0 radical (unpaired) electrons. The second-order valence-corrected chi connectivity index (χ2v) is 7.44. The molecule has 1 heterocycles. The average molecular weight is 279 g/mol. The van der Waals surface area contributed by atoms with Crippen LogP contribution in [0.15, 0.2) is 12.1 Å². The number of nitrogens with one attached hydrogen (secondary N) is 1. The molecule has 1 spiro atoms. The van der Waals surface area contributed by atoms with Crippen molar-refractivity contribution in [1.29, 1.82) is 0 Å². The van der Waals surface area contributed by atoms with E-state index in [2.05, 4.69) is 31.3 Å². The SMILES string of the molecule is CCOC1CC(NCc2ccc(C)s2)C12CCCC2. The fraction of sp³-hybridized carbons (Fsp3) is 0.750. The molecular formula is C16H25NOS. The third-order valence-electron chi connectivity index (χ3n) is 5.01. The Morgan fingerprint density at radius 2 is 2.16 bits per heavy atom. The normalized spacial score (nSPS) is 28.7. The molecule has 1 aromatic heterocycles. The molecule has 3 rings (SSSR count). The molecule has 1 N–H and O–H groups in total. The lowest BCUT2D eigenvalue weighted by Crippen LogP contribution is -2.62. The van der Waals surface area contributed by atoms with E-state index in [4.69, 9.17) is 4.74 Å². The molecule has 1 aromatic rings. The van der Waals surface area contributed by atoms with Gasteiger partial charge in [-0.05, 0) is 45.2 Å². The number of ether oxygens (including phenoxy) is 1. The molecule has 0 amide bonds. The molecule has 2 atom stereocenters. The van der Waals surface area contributed by atoms with Crippen LogP contribution in [0.3, 0.4) is 0 Å². The van der Waals surface area contributed by atoms with Crippen LogP contribution in [0.1, 0.15) is 48.8 Å². The molecule has 3 heteroatoms. The van der Waals surface area contributed by atoms with Gasteiger partial charge in [0.2, 0.25) is 0 Å². The molecule has 2 unspecified atom stereocenters. The van der Waals surface area contributed by atoms with Crippen LogP contribution in [0.25, 0.3) is 0 Å². The summed E-state index contributed by atoms with van der Waals surface area (Å²) >= 11 is 1.91. The van der Waals surface area contributed by atoms with Gasteiger partial charge in [0.15, 0.2) is 0 Å². The number of aryl methyl sites for hydroxylation is 1. The maximum atomic E-state index is 5.96. The maximum absolute atomic E-state index is 5.96. The number of hydrogen-bond acceptors (Lipinski definition) is 3. The Balaban J connectivity index is 1.59. The topological polar surface area (TPSA) is 21.3 Å². The van der Waals surface area contributed by atoms with E-state index in [1.54, 1.807) is 0 Å². The van der Waals surface area contributed by atoms with E-state index in [0.29, 0.717) is 17.6 Å². The third kappa shape index (κ3) is 2.48. The lowest BCUT2D eigenvalue weighted by atomic mass is 9.60. The van der Waals surface area contributed by atoms with Crippen LogP contribution in [0, 0.1) is 12.3 Å². The van der Waals surface area contributed by atoms with Gasteiger partial charge in [-0.15, -0.1) is 11.3 Å². The van der Waals surface area contributed by atoms with Crippen molar-refractivity contribution in [3.8, 4) is 0 Å². The van der Waals surface area contributed by atoms with Crippen LogP contribution in [-0.4, -0.2) is 18.8 Å². The van der Waals surface area contributed by atoms with Crippen LogP contribution in [0.2, 0.25) is 0 Å². The molecule has 106 valence electrons. The van der Waals surface area contributed by atoms with Gasteiger partial charge in [-0.25, -0.2) is 0 Å². The van der Waals surface area contributed by atoms with Gasteiger partial charge in [-0.3, -0.25) is 0 Å². The zero-order valence-corrected chi connectivity index (χ0v) is 12.9. The number of thiophene rings is 1. The summed E-state index contributed by atoms with van der Waals surface area (Å²) in [6, 6.07) is 5.15. The lowest BCUT2D eigenvalue weighted by Gasteiger charge is -2.54. The first kappa shape index (κ1) is 13.6. The van der Waals surface area contributed by atoms with E-state index < -0.39 is 0 Å². The molecule has 19 heavy (non-hydrogen) atoms. The summed E-state index contributed by atoms with van der Waals surface area (Å²) in [6.45, 7) is 6.20. The Labute approximate surface area is 120 Å². The fourth-order valence-electron chi connectivity index (χ4n) is 3.98. The van der Waals surface area contributed by atoms with Crippen molar-refractivity contribution < 1.29 is 4.74 Å². The highest BCUT2D eigenvalue weighted by atomic mass is 32.1. The zero-order chi connectivity index (χ0) is 13.3. The summed E-state index contributed by atoms with van der Waals surface area (Å²) in [5, 5.41) is 3.80. The van der Waals surface area contributed by atoms with Gasteiger partial charge in [-0.2, -0.15) is 0 Å². The van der Waals surface area contributed by atoms with Gasteiger partial charge in [0.05, 0.1) is 6.10 Å². The molecule has 2 saturated carbocycles. The Bertz CT molecular complexity index is 422. The summed E-state index contributed by atoms with van der Waals surface area (Å²) in [7, 11) is 0. The minimum absolute atomic E-state index is 0.461. The molecule has 0 aromatic carbocycles. The van der Waals surface area contributed by atoms with Crippen molar-refractivity contribution >= 4 is 11.3 Å². The number of hydrogen-bond donors (Lipinski definition) is 1. The van der Waals surface area contributed by atoms with Crippen molar-refractivity contribution in [3.63, 3.8) is 0 Å². The Hall–Kier alpha value is -0.380. The van der Waals surface area contributed by atoms with Crippen LogP contribution in [0.5, 0.6) is 0 Å². The monoisotopic (exact) mass is 279 g/mol. The third-order valence-corrected chi connectivity index (χ3v) is 6.01. The fourth-order valence-corrected chi connectivity index (χ4v) is 4.82. The van der Waals surface area contributed by atoms with Crippen molar-refractivity contribution in [3.05, 3.63) is 21.9 Å². The molecule has 2 nitrogen and oxygen atoms in total. The zero-order valence-electron chi connectivity index (χ0n) is 12.1. The molecule has 0 bridgehead atoms. The van der Waals surface area contributed by atoms with Gasteiger partial charge in [0.25, 0.3) is 0 Å². The quantitative estimate of drug-likeness (QED) is 0.883. The second kappa shape index (κ2) is 5.55. The van der Waals surface area contributed by atoms with Crippen molar-refractivity contribution in [2.45, 2.75) is 64.6 Å². The Morgan fingerprint density at radius 1 is 1.37 bits per heavy atom. The summed E-state index contributed by atoms with van der Waals surface area (Å²) in [6.07, 6.45) is 7.22. The molecule has 2 aliphatic rings. The van der Waals surface area contributed by atoms with Gasteiger partial charge in [0.1, 0.15) is 0 Å². The van der Waals surface area contributed by atoms with Gasteiger partial charge >= 0.3 is 0 Å². The van der Waals surface area contributed by atoms with Gasteiger partial charge < -0.3 is 10.1 Å². The van der Waals surface area contributed by atoms with E-state index in [1.165, 1.54) is 41.9 Å². The van der Waals surface area contributed by atoms with Crippen molar-refractivity contribution in [1.82, 2.24) is 5.32 Å². The van der Waals surface area contributed by atoms with Crippen LogP contribution in [-0.2, 0) is 11.3 Å². The standard InChI is InChI=1S/C16H25NOS/c1-3-18-15-10-14(16(15)8-4-5-9-16)17-11-13-7-6-12(2)19-13/h6-7,14-15,17H,3-5,8-11H2,1-2H3. The van der Waals surface area contributed by atoms with E-state index in [-0.39, 0.29) is 0 Å². The summed E-state index contributed by atoms with van der Waals surface area (Å²) in [4.78, 5) is 2.87. The Kier molecular flexibility index (Phi) is 3.97. The minimum Gasteiger partial charge on any atom is -0.378 e. The van der Waals surface area contributed by atoms with E-state index >= 15 is 0 Å². The second-order valence-electron chi connectivity index (χ2n) is 6.07. The van der Waals surface area contributed by atoms with E-state index in [1.807, 2.05) is 11.3 Å². The van der Waals surface area contributed by atoms with E-state index in [0.717, 1.165) is 13.2 Å². The Morgan fingerprint density at radius 3 is 2.79 bits per heavy atom. The van der Waals surface area contributed by atoms with Gasteiger partial charge in [0, 0.05) is 34.4 Å². The largest absolute Gasteiger partial charge is 0.378 e. The van der Waals surface area contributed by atoms with Crippen LogP contribution >= 0.6 is 11.3 Å². The predicted molar refractivity (Wildman–Crippen MR) is 80.6 cm³/mol. The summed E-state index contributed by atoms with van der Waals surface area (Å²) < 4.78 is 5.96. The van der Waals surface area contributed by atoms with E-state index in [9.17, 15) is 0 Å². The first-order valence-electron chi connectivity index (χ1n) is 7.65.